The van der Waals surface area contributed by atoms with E-state index in [4.69, 9.17) is 0 Å². The Bertz CT molecular complexity index is 767. The van der Waals surface area contributed by atoms with Gasteiger partial charge < -0.3 is 25.4 Å². The number of hydrogen-bond donors (Lipinski definition) is 4. The maximum Gasteiger partial charge on any atom is 0.573 e. The Kier molecular flexibility index (Phi) is 5.33. The van der Waals surface area contributed by atoms with Crippen molar-refractivity contribution in [3.8, 4) is 23.0 Å². The van der Waals surface area contributed by atoms with Crippen LogP contribution in [0.1, 0.15) is 17.2 Å². The van der Waals surface area contributed by atoms with Crippen molar-refractivity contribution in [2.24, 2.45) is 0 Å². The van der Waals surface area contributed by atoms with Gasteiger partial charge in [-0.1, -0.05) is 12.1 Å². The van der Waals surface area contributed by atoms with E-state index < -0.39 is 12.4 Å². The lowest BCUT2D eigenvalue weighted by Crippen LogP contribution is -2.45. The Morgan fingerprint density at radius 1 is 0.963 bits per heavy atom. The Hall–Kier alpha value is -2.65. The summed E-state index contributed by atoms with van der Waals surface area (Å²) in [6.45, 7) is 2.58. The normalized spacial score (nSPS) is 16.9. The van der Waals surface area contributed by atoms with Gasteiger partial charge in [0.15, 0.2) is 0 Å². The SMILES string of the molecule is Oc1cc(O)c([C@H](c2ccc(OC(F)(F)F)cc2)N2CCNCC2)c(O)c1. The number of ether oxygens (including phenoxy) is 1. The maximum absolute atomic E-state index is 12.4. The molecule has 0 radical (unpaired) electrons. The fraction of sp³-hybridized carbons (Fsp3) is 0.333. The van der Waals surface area contributed by atoms with Crippen LogP contribution in [-0.2, 0) is 0 Å². The molecule has 0 aliphatic carbocycles. The van der Waals surface area contributed by atoms with E-state index in [2.05, 4.69) is 10.1 Å². The van der Waals surface area contributed by atoms with Crippen molar-refractivity contribution in [2.45, 2.75) is 12.4 Å². The molecule has 1 aliphatic heterocycles. The Morgan fingerprint density at radius 3 is 2.04 bits per heavy atom. The predicted molar refractivity (Wildman–Crippen MR) is 90.8 cm³/mol. The van der Waals surface area contributed by atoms with E-state index in [1.807, 2.05) is 4.90 Å². The summed E-state index contributed by atoms with van der Waals surface area (Å²) in [5.74, 6) is -1.25. The molecule has 0 aromatic heterocycles. The number of phenols is 3. The second-order valence-corrected chi connectivity index (χ2v) is 6.20. The second kappa shape index (κ2) is 7.53. The summed E-state index contributed by atoms with van der Waals surface area (Å²) in [5, 5.41) is 33.4. The van der Waals surface area contributed by atoms with Crippen molar-refractivity contribution in [1.29, 1.82) is 0 Å². The number of nitrogens with one attached hydrogen (secondary N) is 1. The van der Waals surface area contributed by atoms with Crippen molar-refractivity contribution in [3.63, 3.8) is 0 Å². The molecule has 1 heterocycles. The van der Waals surface area contributed by atoms with E-state index in [1.165, 1.54) is 24.3 Å². The molecular weight excluding hydrogens is 365 g/mol. The highest BCUT2D eigenvalue weighted by atomic mass is 19.4. The fourth-order valence-corrected chi connectivity index (χ4v) is 3.24. The van der Waals surface area contributed by atoms with Crippen LogP contribution in [-0.4, -0.2) is 52.8 Å². The zero-order valence-corrected chi connectivity index (χ0v) is 14.2. The van der Waals surface area contributed by atoms with E-state index in [1.54, 1.807) is 0 Å². The molecule has 0 amide bonds. The highest BCUT2D eigenvalue weighted by Gasteiger charge is 2.32. The van der Waals surface area contributed by atoms with Gasteiger partial charge >= 0.3 is 6.36 Å². The molecule has 4 N–H and O–H groups in total. The van der Waals surface area contributed by atoms with E-state index in [0.29, 0.717) is 31.7 Å². The van der Waals surface area contributed by atoms with Crippen molar-refractivity contribution < 1.29 is 33.2 Å². The standard InChI is InChI=1S/C18H19F3N2O4/c19-18(20,21)27-13-3-1-11(2-4-13)17(23-7-5-22-6-8-23)16-14(25)9-12(24)10-15(16)26/h1-4,9-10,17,22,24-26H,5-8H2/t17-/m0/s1. The van der Waals surface area contributed by atoms with Gasteiger partial charge in [-0.15, -0.1) is 13.2 Å². The van der Waals surface area contributed by atoms with Gasteiger partial charge in [0.1, 0.15) is 23.0 Å². The van der Waals surface area contributed by atoms with Gasteiger partial charge in [0.05, 0.1) is 11.6 Å². The molecule has 0 bridgehead atoms. The minimum atomic E-state index is -4.78. The molecule has 6 nitrogen and oxygen atoms in total. The molecule has 0 saturated carbocycles. The maximum atomic E-state index is 12.4. The average Bonchev–Trinajstić information content (AvgIpc) is 2.58. The third-order valence-electron chi connectivity index (χ3n) is 4.34. The van der Waals surface area contributed by atoms with Crippen molar-refractivity contribution >= 4 is 0 Å². The van der Waals surface area contributed by atoms with E-state index in [-0.39, 0.29) is 28.6 Å². The van der Waals surface area contributed by atoms with Gasteiger partial charge in [-0.3, -0.25) is 4.90 Å². The number of piperazine rings is 1. The minimum Gasteiger partial charge on any atom is -0.508 e. The van der Waals surface area contributed by atoms with Gasteiger partial charge in [0, 0.05) is 38.3 Å². The van der Waals surface area contributed by atoms with Crippen molar-refractivity contribution in [2.75, 3.05) is 26.2 Å². The number of hydrogen-bond acceptors (Lipinski definition) is 6. The first-order valence-electron chi connectivity index (χ1n) is 8.30. The van der Waals surface area contributed by atoms with Crippen LogP contribution in [0, 0.1) is 0 Å². The summed E-state index contributed by atoms with van der Waals surface area (Å²) >= 11 is 0. The van der Waals surface area contributed by atoms with Gasteiger partial charge in [0.25, 0.3) is 0 Å². The lowest BCUT2D eigenvalue weighted by atomic mass is 9.94. The number of halogens is 3. The minimum absolute atomic E-state index is 0.180. The number of phenolic OH excluding ortho intramolecular Hbond substituents is 3. The summed E-state index contributed by atoms with van der Waals surface area (Å²) in [6, 6.07) is 6.92. The monoisotopic (exact) mass is 384 g/mol. The van der Waals surface area contributed by atoms with Gasteiger partial charge in [-0.2, -0.15) is 0 Å². The highest BCUT2D eigenvalue weighted by molar-refractivity contribution is 5.53. The van der Waals surface area contributed by atoms with Crippen LogP contribution in [0.4, 0.5) is 13.2 Å². The summed E-state index contributed by atoms with van der Waals surface area (Å²) in [4.78, 5) is 1.99. The van der Waals surface area contributed by atoms with E-state index in [9.17, 15) is 28.5 Å². The first kappa shape index (κ1) is 19.1. The fourth-order valence-electron chi connectivity index (χ4n) is 3.24. The molecule has 0 unspecified atom stereocenters. The molecule has 1 atom stereocenters. The number of rotatable bonds is 4. The van der Waals surface area contributed by atoms with Crippen LogP contribution in [0.5, 0.6) is 23.0 Å². The Labute approximate surface area is 153 Å². The summed E-state index contributed by atoms with van der Waals surface area (Å²) in [5.41, 5.74) is 0.752. The lowest BCUT2D eigenvalue weighted by molar-refractivity contribution is -0.274. The number of nitrogens with zero attached hydrogens (tertiary/aromatic N) is 1. The zero-order chi connectivity index (χ0) is 19.6. The Morgan fingerprint density at radius 2 is 1.52 bits per heavy atom. The topological polar surface area (TPSA) is 85.2 Å². The lowest BCUT2D eigenvalue weighted by Gasteiger charge is -2.36. The molecule has 27 heavy (non-hydrogen) atoms. The van der Waals surface area contributed by atoms with Crippen LogP contribution >= 0.6 is 0 Å². The number of aromatic hydroxyl groups is 3. The molecule has 0 spiro atoms. The third kappa shape index (κ3) is 4.55. The Balaban J connectivity index is 2.00. The van der Waals surface area contributed by atoms with Gasteiger partial charge in [0.2, 0.25) is 0 Å². The highest BCUT2D eigenvalue weighted by Crippen LogP contribution is 2.42. The van der Waals surface area contributed by atoms with E-state index >= 15 is 0 Å². The third-order valence-corrected chi connectivity index (χ3v) is 4.34. The second-order valence-electron chi connectivity index (χ2n) is 6.20. The van der Waals surface area contributed by atoms with Crippen LogP contribution in [0.15, 0.2) is 36.4 Å². The molecule has 9 heteroatoms. The van der Waals surface area contributed by atoms with Gasteiger partial charge in [-0.25, -0.2) is 0 Å². The van der Waals surface area contributed by atoms with E-state index in [0.717, 1.165) is 12.1 Å². The largest absolute Gasteiger partial charge is 0.573 e. The predicted octanol–water partition coefficient (Wildman–Crippen LogP) is 2.70. The number of benzene rings is 2. The molecule has 3 rings (SSSR count). The van der Waals surface area contributed by atoms with Crippen LogP contribution < -0.4 is 10.1 Å². The average molecular weight is 384 g/mol. The molecule has 1 aliphatic rings. The van der Waals surface area contributed by atoms with Crippen molar-refractivity contribution in [1.82, 2.24) is 10.2 Å². The summed E-state index contributed by atoms with van der Waals surface area (Å²) in [6.07, 6.45) is -4.78. The van der Waals surface area contributed by atoms with Crippen LogP contribution in [0.2, 0.25) is 0 Å². The van der Waals surface area contributed by atoms with Gasteiger partial charge in [-0.05, 0) is 17.7 Å². The molecule has 2 aromatic carbocycles. The first-order valence-corrected chi connectivity index (χ1v) is 8.30. The van der Waals surface area contributed by atoms with Crippen LogP contribution in [0.25, 0.3) is 0 Å². The molecular formula is C18H19F3N2O4. The smallest absolute Gasteiger partial charge is 0.508 e. The zero-order valence-electron chi connectivity index (χ0n) is 14.2. The quantitative estimate of drug-likeness (QED) is 0.649. The summed E-state index contributed by atoms with van der Waals surface area (Å²) in [7, 11) is 0. The van der Waals surface area contributed by atoms with Crippen LogP contribution in [0.3, 0.4) is 0 Å². The first-order chi connectivity index (χ1) is 12.7. The molecule has 146 valence electrons. The molecule has 1 fully saturated rings. The van der Waals surface area contributed by atoms with Crippen molar-refractivity contribution in [3.05, 3.63) is 47.5 Å². The number of alkyl halides is 3. The molecule has 2 aromatic rings. The molecule has 1 saturated heterocycles. The summed E-state index contributed by atoms with van der Waals surface area (Å²) < 4.78 is 41.0.